The zero-order chi connectivity index (χ0) is 14.5. The van der Waals surface area contributed by atoms with Gasteiger partial charge in [-0.1, -0.05) is 0 Å². The number of likely N-dealkylation sites (tertiary alicyclic amines) is 1. The van der Waals surface area contributed by atoms with Crippen molar-refractivity contribution in [3.63, 3.8) is 0 Å². The van der Waals surface area contributed by atoms with E-state index in [0.717, 1.165) is 31.5 Å². The summed E-state index contributed by atoms with van der Waals surface area (Å²) in [6.07, 6.45) is 2.07. The van der Waals surface area contributed by atoms with Gasteiger partial charge in [0.25, 0.3) is 5.91 Å². The van der Waals surface area contributed by atoms with Crippen molar-refractivity contribution in [1.82, 2.24) is 4.90 Å². The van der Waals surface area contributed by atoms with Crippen molar-refractivity contribution in [2.45, 2.75) is 32.3 Å². The predicted octanol–water partition coefficient (Wildman–Crippen LogP) is 1.72. The average molecular weight is 280 g/mol. The summed E-state index contributed by atoms with van der Waals surface area (Å²) in [6, 6.07) is 4.48. The van der Waals surface area contributed by atoms with E-state index < -0.39 is 6.10 Å². The van der Waals surface area contributed by atoms with Crippen LogP contribution in [0, 0.1) is 5.82 Å². The van der Waals surface area contributed by atoms with E-state index in [1.54, 1.807) is 17.9 Å². The Morgan fingerprint density at radius 2 is 2.10 bits per heavy atom. The lowest BCUT2D eigenvalue weighted by molar-refractivity contribution is -0.136. The Bertz CT molecular complexity index is 473. The number of amides is 1. The van der Waals surface area contributed by atoms with Gasteiger partial charge in [0.2, 0.25) is 0 Å². The second kappa shape index (κ2) is 6.70. The number of hydrogen-bond acceptors (Lipinski definition) is 3. The Labute approximate surface area is 118 Å². The zero-order valence-electron chi connectivity index (χ0n) is 11.8. The summed E-state index contributed by atoms with van der Waals surface area (Å²) >= 11 is 0. The molecule has 2 N–H and O–H groups in total. The van der Waals surface area contributed by atoms with E-state index in [1.807, 2.05) is 0 Å². The van der Waals surface area contributed by atoms with Gasteiger partial charge in [0.1, 0.15) is 11.6 Å². The average Bonchev–Trinajstić information content (AvgIpc) is 2.91. The fourth-order valence-corrected chi connectivity index (χ4v) is 2.45. The van der Waals surface area contributed by atoms with E-state index in [4.69, 9.17) is 10.5 Å². The number of carbonyl (C=O) groups is 1. The monoisotopic (exact) mass is 280 g/mol. The van der Waals surface area contributed by atoms with Gasteiger partial charge in [-0.2, -0.15) is 0 Å². The van der Waals surface area contributed by atoms with Crippen molar-refractivity contribution in [1.29, 1.82) is 0 Å². The molecule has 1 saturated heterocycles. The molecule has 0 radical (unpaired) electrons. The van der Waals surface area contributed by atoms with E-state index in [1.165, 1.54) is 12.1 Å². The van der Waals surface area contributed by atoms with Gasteiger partial charge in [-0.15, -0.1) is 0 Å². The van der Waals surface area contributed by atoms with Crippen LogP contribution in [0.1, 0.15) is 25.3 Å². The van der Waals surface area contributed by atoms with E-state index in [9.17, 15) is 9.18 Å². The van der Waals surface area contributed by atoms with Crippen LogP contribution in [-0.2, 0) is 11.2 Å². The summed E-state index contributed by atoms with van der Waals surface area (Å²) in [7, 11) is 0. The SMILES string of the molecule is CC(Oc1cc(F)cc(CCN)c1)C(=O)N1CCCC1. The van der Waals surface area contributed by atoms with Crippen LogP contribution >= 0.6 is 0 Å². The van der Waals surface area contributed by atoms with Crippen molar-refractivity contribution in [3.05, 3.63) is 29.6 Å². The molecule has 1 aliphatic heterocycles. The molecule has 0 spiro atoms. The van der Waals surface area contributed by atoms with Crippen LogP contribution in [0.3, 0.4) is 0 Å². The first-order chi connectivity index (χ1) is 9.60. The molecule has 1 unspecified atom stereocenters. The normalized spacial score (nSPS) is 16.2. The van der Waals surface area contributed by atoms with E-state index in [0.29, 0.717) is 18.7 Å². The van der Waals surface area contributed by atoms with Crippen molar-refractivity contribution >= 4 is 5.91 Å². The van der Waals surface area contributed by atoms with E-state index >= 15 is 0 Å². The summed E-state index contributed by atoms with van der Waals surface area (Å²) < 4.78 is 19.1. The number of rotatable bonds is 5. The first-order valence-electron chi connectivity index (χ1n) is 7.05. The summed E-state index contributed by atoms with van der Waals surface area (Å²) in [5.41, 5.74) is 6.25. The molecule has 2 rings (SSSR count). The van der Waals surface area contributed by atoms with Gasteiger partial charge in [-0.3, -0.25) is 4.79 Å². The zero-order valence-corrected chi connectivity index (χ0v) is 11.8. The number of hydrogen-bond donors (Lipinski definition) is 1. The maximum Gasteiger partial charge on any atom is 0.263 e. The van der Waals surface area contributed by atoms with E-state index in [-0.39, 0.29) is 11.7 Å². The summed E-state index contributed by atoms with van der Waals surface area (Å²) in [5.74, 6) is -0.0209. The quantitative estimate of drug-likeness (QED) is 0.893. The maximum absolute atomic E-state index is 13.5. The third-order valence-corrected chi connectivity index (χ3v) is 3.44. The fraction of sp³-hybridized carbons (Fsp3) is 0.533. The van der Waals surface area contributed by atoms with Crippen LogP contribution in [0.2, 0.25) is 0 Å². The molecule has 0 bridgehead atoms. The predicted molar refractivity (Wildman–Crippen MR) is 75.1 cm³/mol. The number of ether oxygens (including phenoxy) is 1. The van der Waals surface area contributed by atoms with Gasteiger partial charge in [0, 0.05) is 19.2 Å². The van der Waals surface area contributed by atoms with Crippen molar-refractivity contribution in [2.75, 3.05) is 19.6 Å². The number of halogens is 1. The van der Waals surface area contributed by atoms with Crippen LogP contribution in [0.25, 0.3) is 0 Å². The Hall–Kier alpha value is -1.62. The molecule has 20 heavy (non-hydrogen) atoms. The molecular formula is C15H21FN2O2. The fourth-order valence-electron chi connectivity index (χ4n) is 2.45. The molecule has 1 aromatic carbocycles. The highest BCUT2D eigenvalue weighted by molar-refractivity contribution is 5.81. The van der Waals surface area contributed by atoms with Gasteiger partial charge in [-0.05, 0) is 50.4 Å². The van der Waals surface area contributed by atoms with Crippen LogP contribution in [0.4, 0.5) is 4.39 Å². The Kier molecular flexibility index (Phi) is 4.95. The molecule has 1 aromatic rings. The highest BCUT2D eigenvalue weighted by Crippen LogP contribution is 2.19. The summed E-state index contributed by atoms with van der Waals surface area (Å²) in [4.78, 5) is 13.9. The largest absolute Gasteiger partial charge is 0.481 e. The highest BCUT2D eigenvalue weighted by atomic mass is 19.1. The van der Waals surface area contributed by atoms with Crippen LogP contribution < -0.4 is 10.5 Å². The molecule has 1 fully saturated rings. The third kappa shape index (κ3) is 3.70. The first kappa shape index (κ1) is 14.8. The molecule has 110 valence electrons. The van der Waals surface area contributed by atoms with Crippen LogP contribution in [0.5, 0.6) is 5.75 Å². The minimum Gasteiger partial charge on any atom is -0.481 e. The van der Waals surface area contributed by atoms with E-state index in [2.05, 4.69) is 0 Å². The van der Waals surface area contributed by atoms with Crippen LogP contribution in [-0.4, -0.2) is 36.5 Å². The molecule has 1 heterocycles. The summed E-state index contributed by atoms with van der Waals surface area (Å²) in [5, 5.41) is 0. The maximum atomic E-state index is 13.5. The molecule has 5 heteroatoms. The lowest BCUT2D eigenvalue weighted by Crippen LogP contribution is -2.38. The van der Waals surface area contributed by atoms with Gasteiger partial charge in [0.05, 0.1) is 0 Å². The number of nitrogens with zero attached hydrogens (tertiary/aromatic N) is 1. The highest BCUT2D eigenvalue weighted by Gasteiger charge is 2.24. The molecule has 1 aliphatic rings. The van der Waals surface area contributed by atoms with Gasteiger partial charge < -0.3 is 15.4 Å². The number of nitrogens with two attached hydrogens (primary N) is 1. The molecule has 0 aliphatic carbocycles. The smallest absolute Gasteiger partial charge is 0.263 e. The minimum absolute atomic E-state index is 0.0351. The second-order valence-electron chi connectivity index (χ2n) is 5.13. The van der Waals surface area contributed by atoms with Gasteiger partial charge in [0.15, 0.2) is 6.10 Å². The van der Waals surface area contributed by atoms with Crippen LogP contribution in [0.15, 0.2) is 18.2 Å². The molecule has 0 saturated carbocycles. The van der Waals surface area contributed by atoms with Crippen molar-refractivity contribution in [3.8, 4) is 5.75 Å². The lowest BCUT2D eigenvalue weighted by atomic mass is 10.1. The first-order valence-corrected chi connectivity index (χ1v) is 7.05. The standard InChI is InChI=1S/C15H21FN2O2/c1-11(15(19)18-6-2-3-7-18)20-14-9-12(4-5-17)8-13(16)10-14/h8-11H,2-7,17H2,1H3. The number of carbonyl (C=O) groups excluding carboxylic acids is 1. The molecular weight excluding hydrogens is 259 g/mol. The Morgan fingerprint density at radius 3 is 2.75 bits per heavy atom. The molecule has 0 aromatic heterocycles. The van der Waals surface area contributed by atoms with Crippen molar-refractivity contribution < 1.29 is 13.9 Å². The lowest BCUT2D eigenvalue weighted by Gasteiger charge is -2.21. The summed E-state index contributed by atoms with van der Waals surface area (Å²) in [6.45, 7) is 3.72. The molecule has 4 nitrogen and oxygen atoms in total. The molecule has 1 atom stereocenters. The van der Waals surface area contributed by atoms with Gasteiger partial charge in [-0.25, -0.2) is 4.39 Å². The topological polar surface area (TPSA) is 55.6 Å². The second-order valence-corrected chi connectivity index (χ2v) is 5.13. The minimum atomic E-state index is -0.597. The molecule has 1 amide bonds. The van der Waals surface area contributed by atoms with Gasteiger partial charge >= 0.3 is 0 Å². The number of benzene rings is 1. The van der Waals surface area contributed by atoms with Crippen molar-refractivity contribution in [2.24, 2.45) is 5.73 Å². The Balaban J connectivity index is 2.02. The third-order valence-electron chi connectivity index (χ3n) is 3.44. The Morgan fingerprint density at radius 1 is 1.40 bits per heavy atom.